The SMILES string of the molecule is Cc1ccc(NC(C)c2ccco2)cc1N(C)C. The van der Waals surface area contributed by atoms with Crippen LogP contribution in [0.15, 0.2) is 41.0 Å². The van der Waals surface area contributed by atoms with Gasteiger partial charge in [0, 0.05) is 25.5 Å². The first-order chi connectivity index (χ1) is 8.58. The summed E-state index contributed by atoms with van der Waals surface area (Å²) >= 11 is 0. The molecule has 0 radical (unpaired) electrons. The number of furan rings is 1. The molecule has 18 heavy (non-hydrogen) atoms. The number of hydrogen-bond acceptors (Lipinski definition) is 3. The summed E-state index contributed by atoms with van der Waals surface area (Å²) in [5, 5.41) is 3.45. The van der Waals surface area contributed by atoms with Crippen molar-refractivity contribution in [3.8, 4) is 0 Å². The third-order valence-electron chi connectivity index (χ3n) is 3.04. The maximum atomic E-state index is 5.40. The molecule has 0 saturated heterocycles. The quantitative estimate of drug-likeness (QED) is 0.886. The second-order valence-electron chi connectivity index (χ2n) is 4.78. The number of nitrogens with zero attached hydrogens (tertiary/aromatic N) is 1. The van der Waals surface area contributed by atoms with Gasteiger partial charge >= 0.3 is 0 Å². The van der Waals surface area contributed by atoms with Crippen LogP contribution < -0.4 is 10.2 Å². The topological polar surface area (TPSA) is 28.4 Å². The maximum Gasteiger partial charge on any atom is 0.125 e. The highest BCUT2D eigenvalue weighted by molar-refractivity contribution is 5.62. The van der Waals surface area contributed by atoms with Gasteiger partial charge in [-0.2, -0.15) is 0 Å². The lowest BCUT2D eigenvalue weighted by molar-refractivity contribution is 0.490. The average molecular weight is 244 g/mol. The van der Waals surface area contributed by atoms with Crippen LogP contribution in [-0.2, 0) is 0 Å². The number of hydrogen-bond donors (Lipinski definition) is 1. The number of aryl methyl sites for hydroxylation is 1. The van der Waals surface area contributed by atoms with Gasteiger partial charge in [0.2, 0.25) is 0 Å². The van der Waals surface area contributed by atoms with Crippen molar-refractivity contribution >= 4 is 11.4 Å². The minimum atomic E-state index is 0.165. The second kappa shape index (κ2) is 5.17. The minimum Gasteiger partial charge on any atom is -0.467 e. The number of nitrogens with one attached hydrogen (secondary N) is 1. The molecule has 1 aromatic heterocycles. The molecule has 0 bridgehead atoms. The van der Waals surface area contributed by atoms with Crippen molar-refractivity contribution in [1.29, 1.82) is 0 Å². The van der Waals surface area contributed by atoms with Crippen molar-refractivity contribution in [2.75, 3.05) is 24.3 Å². The van der Waals surface area contributed by atoms with Crippen molar-refractivity contribution in [3.05, 3.63) is 47.9 Å². The molecule has 0 aliphatic carbocycles. The second-order valence-corrected chi connectivity index (χ2v) is 4.78. The van der Waals surface area contributed by atoms with E-state index in [1.165, 1.54) is 11.3 Å². The van der Waals surface area contributed by atoms with Crippen LogP contribution in [0.3, 0.4) is 0 Å². The molecule has 96 valence electrons. The summed E-state index contributed by atoms with van der Waals surface area (Å²) in [6, 6.07) is 10.5. The third-order valence-corrected chi connectivity index (χ3v) is 3.04. The van der Waals surface area contributed by atoms with Crippen LogP contribution in [0.1, 0.15) is 24.3 Å². The normalized spacial score (nSPS) is 12.2. The van der Waals surface area contributed by atoms with Gasteiger partial charge in [0.1, 0.15) is 5.76 Å². The van der Waals surface area contributed by atoms with Gasteiger partial charge in [0.05, 0.1) is 12.3 Å². The van der Waals surface area contributed by atoms with Gasteiger partial charge in [-0.25, -0.2) is 0 Å². The Hall–Kier alpha value is -1.90. The van der Waals surface area contributed by atoms with Gasteiger partial charge in [-0.05, 0) is 43.7 Å². The van der Waals surface area contributed by atoms with Gasteiger partial charge in [-0.1, -0.05) is 6.07 Å². The van der Waals surface area contributed by atoms with Gasteiger partial charge < -0.3 is 14.6 Å². The van der Waals surface area contributed by atoms with E-state index in [0.29, 0.717) is 0 Å². The number of rotatable bonds is 4. The highest BCUT2D eigenvalue weighted by Gasteiger charge is 2.09. The summed E-state index contributed by atoms with van der Waals surface area (Å²) in [6.07, 6.45) is 1.70. The van der Waals surface area contributed by atoms with Gasteiger partial charge in [-0.3, -0.25) is 0 Å². The molecule has 0 spiro atoms. The summed E-state index contributed by atoms with van der Waals surface area (Å²) in [5.74, 6) is 0.946. The highest BCUT2D eigenvalue weighted by Crippen LogP contribution is 2.25. The molecule has 2 aromatic rings. The third kappa shape index (κ3) is 2.67. The van der Waals surface area contributed by atoms with E-state index < -0.39 is 0 Å². The number of anilines is 2. The Labute approximate surface area is 108 Å². The lowest BCUT2D eigenvalue weighted by atomic mass is 10.1. The van der Waals surface area contributed by atoms with Crippen molar-refractivity contribution < 1.29 is 4.42 Å². The van der Waals surface area contributed by atoms with E-state index in [1.807, 2.05) is 12.1 Å². The Morgan fingerprint density at radius 3 is 2.61 bits per heavy atom. The van der Waals surface area contributed by atoms with E-state index in [4.69, 9.17) is 4.42 Å². The van der Waals surface area contributed by atoms with E-state index in [9.17, 15) is 0 Å². The van der Waals surface area contributed by atoms with Gasteiger partial charge in [0.25, 0.3) is 0 Å². The van der Waals surface area contributed by atoms with E-state index in [-0.39, 0.29) is 6.04 Å². The predicted molar refractivity (Wildman–Crippen MR) is 76.3 cm³/mol. The Bertz CT molecular complexity index is 503. The molecule has 0 amide bonds. The standard InChI is InChI=1S/C15H20N2O/c1-11-7-8-13(10-14(11)17(3)4)16-12(2)15-6-5-9-18-15/h5-10,12,16H,1-4H3. The molecular weight excluding hydrogens is 224 g/mol. The highest BCUT2D eigenvalue weighted by atomic mass is 16.3. The summed E-state index contributed by atoms with van der Waals surface area (Å²) in [7, 11) is 4.12. The Balaban J connectivity index is 2.17. The van der Waals surface area contributed by atoms with Crippen LogP contribution in [0, 0.1) is 6.92 Å². The van der Waals surface area contributed by atoms with E-state index in [1.54, 1.807) is 6.26 Å². The summed E-state index contributed by atoms with van der Waals surface area (Å²) in [5.41, 5.74) is 3.61. The first-order valence-corrected chi connectivity index (χ1v) is 6.16. The van der Waals surface area contributed by atoms with Crippen LogP contribution in [0.2, 0.25) is 0 Å². The fourth-order valence-corrected chi connectivity index (χ4v) is 2.04. The molecule has 3 heteroatoms. The lowest BCUT2D eigenvalue weighted by Crippen LogP contribution is -2.11. The first-order valence-electron chi connectivity index (χ1n) is 6.16. The van der Waals surface area contributed by atoms with Crippen LogP contribution in [-0.4, -0.2) is 14.1 Å². The zero-order valence-electron chi connectivity index (χ0n) is 11.4. The van der Waals surface area contributed by atoms with Crippen LogP contribution in [0.5, 0.6) is 0 Å². The Morgan fingerprint density at radius 1 is 1.22 bits per heavy atom. The molecule has 0 aliphatic rings. The van der Waals surface area contributed by atoms with Crippen LogP contribution >= 0.6 is 0 Å². The van der Waals surface area contributed by atoms with Crippen LogP contribution in [0.4, 0.5) is 11.4 Å². The van der Waals surface area contributed by atoms with Crippen LogP contribution in [0.25, 0.3) is 0 Å². The average Bonchev–Trinajstić information content (AvgIpc) is 2.85. The zero-order chi connectivity index (χ0) is 13.1. The molecule has 1 atom stereocenters. The molecule has 1 aromatic carbocycles. The Kier molecular flexibility index (Phi) is 3.60. The fourth-order valence-electron chi connectivity index (χ4n) is 2.04. The van der Waals surface area contributed by atoms with Crippen molar-refractivity contribution in [3.63, 3.8) is 0 Å². The summed E-state index contributed by atoms with van der Waals surface area (Å²) in [4.78, 5) is 2.12. The molecule has 1 unspecified atom stereocenters. The molecule has 0 fully saturated rings. The molecule has 3 nitrogen and oxygen atoms in total. The summed E-state index contributed by atoms with van der Waals surface area (Å²) < 4.78 is 5.40. The molecule has 0 aliphatic heterocycles. The minimum absolute atomic E-state index is 0.165. The molecule has 1 heterocycles. The summed E-state index contributed by atoms with van der Waals surface area (Å²) in [6.45, 7) is 4.21. The van der Waals surface area contributed by atoms with E-state index in [0.717, 1.165) is 11.4 Å². The van der Waals surface area contributed by atoms with Crippen molar-refractivity contribution in [2.45, 2.75) is 19.9 Å². The lowest BCUT2D eigenvalue weighted by Gasteiger charge is -2.19. The molecule has 1 N–H and O–H groups in total. The molecule has 0 saturated carbocycles. The van der Waals surface area contributed by atoms with Crippen molar-refractivity contribution in [2.24, 2.45) is 0 Å². The van der Waals surface area contributed by atoms with E-state index in [2.05, 4.69) is 56.4 Å². The molecule has 2 rings (SSSR count). The Morgan fingerprint density at radius 2 is 2.00 bits per heavy atom. The smallest absolute Gasteiger partial charge is 0.125 e. The van der Waals surface area contributed by atoms with Gasteiger partial charge in [0.15, 0.2) is 0 Å². The monoisotopic (exact) mass is 244 g/mol. The largest absolute Gasteiger partial charge is 0.467 e. The fraction of sp³-hybridized carbons (Fsp3) is 0.333. The zero-order valence-corrected chi connectivity index (χ0v) is 11.4. The van der Waals surface area contributed by atoms with E-state index >= 15 is 0 Å². The van der Waals surface area contributed by atoms with Crippen molar-refractivity contribution in [1.82, 2.24) is 0 Å². The maximum absolute atomic E-state index is 5.40. The predicted octanol–water partition coefficient (Wildman–Crippen LogP) is 3.83. The first kappa shape index (κ1) is 12.6. The number of benzene rings is 1. The molecular formula is C15H20N2O. The van der Waals surface area contributed by atoms with Gasteiger partial charge in [-0.15, -0.1) is 0 Å².